The minimum absolute atomic E-state index is 0.116. The van der Waals surface area contributed by atoms with Gasteiger partial charge in [-0.2, -0.15) is 0 Å². The van der Waals surface area contributed by atoms with Gasteiger partial charge in [0.1, 0.15) is 5.75 Å². The Balaban J connectivity index is 2.16. The summed E-state index contributed by atoms with van der Waals surface area (Å²) in [4.78, 5) is 0. The van der Waals surface area contributed by atoms with Crippen LogP contribution in [0.2, 0.25) is 0 Å². The van der Waals surface area contributed by atoms with E-state index in [4.69, 9.17) is 4.74 Å². The van der Waals surface area contributed by atoms with Crippen molar-refractivity contribution in [3.63, 3.8) is 0 Å². The molecule has 1 atom stereocenters. The molecule has 18 heavy (non-hydrogen) atoms. The molecule has 3 heteroatoms. The number of aliphatic hydroxyl groups excluding tert-OH is 1. The van der Waals surface area contributed by atoms with Gasteiger partial charge in [0, 0.05) is 12.0 Å². The second kappa shape index (κ2) is 5.72. The summed E-state index contributed by atoms with van der Waals surface area (Å²) >= 11 is 0. The average Bonchev–Trinajstić information content (AvgIpc) is 2.39. The number of hydrogen-bond donors (Lipinski definition) is 2. The lowest BCUT2D eigenvalue weighted by atomic mass is 9.75. The van der Waals surface area contributed by atoms with Gasteiger partial charge in [-0.3, -0.25) is 0 Å². The third-order valence-electron chi connectivity index (χ3n) is 3.61. The summed E-state index contributed by atoms with van der Waals surface area (Å²) in [6.45, 7) is 6.15. The maximum absolute atomic E-state index is 9.74. The smallest absolute Gasteiger partial charge is 0.119 e. The van der Waals surface area contributed by atoms with E-state index < -0.39 is 0 Å². The van der Waals surface area contributed by atoms with Gasteiger partial charge in [-0.15, -0.1) is 0 Å². The lowest BCUT2D eigenvalue weighted by Gasteiger charge is -2.36. The number of benzene rings is 1. The van der Waals surface area contributed by atoms with Crippen LogP contribution in [-0.4, -0.2) is 30.9 Å². The van der Waals surface area contributed by atoms with Crippen LogP contribution in [0.25, 0.3) is 0 Å². The van der Waals surface area contributed by atoms with Gasteiger partial charge in [0.05, 0.1) is 12.7 Å². The summed E-state index contributed by atoms with van der Waals surface area (Å²) in [7, 11) is 0. The second-order valence-corrected chi connectivity index (χ2v) is 5.41. The van der Waals surface area contributed by atoms with Crippen LogP contribution in [0.4, 0.5) is 0 Å². The maximum Gasteiger partial charge on any atom is 0.119 e. The van der Waals surface area contributed by atoms with Crippen LogP contribution < -0.4 is 10.1 Å². The minimum Gasteiger partial charge on any atom is -0.491 e. The standard InChI is InChI=1S/C15H23NO2/c1-12(2)18-14-6-4-13(5-7-14)15(11-17)8-3-9-16-10-15/h4-7,12,16-17H,3,8-11H2,1-2H3. The van der Waals surface area contributed by atoms with E-state index in [1.807, 2.05) is 26.0 Å². The monoisotopic (exact) mass is 249 g/mol. The molecule has 1 aliphatic heterocycles. The van der Waals surface area contributed by atoms with Crippen molar-refractivity contribution in [3.05, 3.63) is 29.8 Å². The summed E-state index contributed by atoms with van der Waals surface area (Å²) in [5.74, 6) is 0.894. The lowest BCUT2D eigenvalue weighted by molar-refractivity contribution is 0.162. The van der Waals surface area contributed by atoms with Crippen molar-refractivity contribution in [1.29, 1.82) is 0 Å². The van der Waals surface area contributed by atoms with Gasteiger partial charge < -0.3 is 15.2 Å². The SMILES string of the molecule is CC(C)Oc1ccc(C2(CO)CCCNC2)cc1. The van der Waals surface area contributed by atoms with Crippen molar-refractivity contribution in [2.75, 3.05) is 19.7 Å². The zero-order valence-electron chi connectivity index (χ0n) is 11.3. The molecule has 1 saturated heterocycles. The molecule has 1 unspecified atom stereocenters. The summed E-state index contributed by atoms with van der Waals surface area (Å²) in [6.07, 6.45) is 2.35. The Morgan fingerprint density at radius 3 is 2.56 bits per heavy atom. The predicted octanol–water partition coefficient (Wildman–Crippen LogP) is 2.09. The summed E-state index contributed by atoms with van der Waals surface area (Å²) in [5.41, 5.74) is 1.09. The third kappa shape index (κ3) is 2.85. The van der Waals surface area contributed by atoms with Crippen molar-refractivity contribution in [2.24, 2.45) is 0 Å². The summed E-state index contributed by atoms with van der Waals surface area (Å²) in [5, 5.41) is 13.1. The molecule has 2 N–H and O–H groups in total. The molecule has 1 fully saturated rings. The van der Waals surface area contributed by atoms with Gasteiger partial charge in [-0.1, -0.05) is 12.1 Å². The maximum atomic E-state index is 9.74. The van der Waals surface area contributed by atoms with Crippen molar-refractivity contribution in [1.82, 2.24) is 5.32 Å². The Morgan fingerprint density at radius 1 is 1.33 bits per heavy atom. The fourth-order valence-corrected chi connectivity index (χ4v) is 2.60. The van der Waals surface area contributed by atoms with E-state index >= 15 is 0 Å². The molecule has 1 aromatic rings. The third-order valence-corrected chi connectivity index (χ3v) is 3.61. The van der Waals surface area contributed by atoms with E-state index in [9.17, 15) is 5.11 Å². The first-order valence-corrected chi connectivity index (χ1v) is 6.75. The minimum atomic E-state index is -0.116. The molecule has 2 rings (SSSR count). The highest BCUT2D eigenvalue weighted by Gasteiger charge is 2.33. The molecule has 0 aromatic heterocycles. The Morgan fingerprint density at radius 2 is 2.06 bits per heavy atom. The van der Waals surface area contributed by atoms with Crippen molar-refractivity contribution >= 4 is 0 Å². The number of nitrogens with one attached hydrogen (secondary N) is 1. The van der Waals surface area contributed by atoms with E-state index in [1.54, 1.807) is 0 Å². The number of piperidine rings is 1. The molecule has 1 heterocycles. The number of ether oxygens (including phenoxy) is 1. The molecule has 0 saturated carbocycles. The van der Waals surface area contributed by atoms with Gasteiger partial charge in [0.2, 0.25) is 0 Å². The second-order valence-electron chi connectivity index (χ2n) is 5.41. The largest absolute Gasteiger partial charge is 0.491 e. The van der Waals surface area contributed by atoms with Crippen molar-refractivity contribution in [3.8, 4) is 5.75 Å². The molecule has 0 bridgehead atoms. The van der Waals surface area contributed by atoms with Crippen molar-refractivity contribution in [2.45, 2.75) is 38.2 Å². The average molecular weight is 249 g/mol. The highest BCUT2D eigenvalue weighted by Crippen LogP contribution is 2.31. The molecule has 0 spiro atoms. The van der Waals surface area contributed by atoms with E-state index in [-0.39, 0.29) is 18.1 Å². The molecule has 1 aromatic carbocycles. The predicted molar refractivity (Wildman–Crippen MR) is 73.1 cm³/mol. The zero-order valence-corrected chi connectivity index (χ0v) is 11.3. The Bertz CT molecular complexity index is 367. The normalized spacial score (nSPS) is 24.2. The first kappa shape index (κ1) is 13.4. The van der Waals surface area contributed by atoms with E-state index in [1.165, 1.54) is 5.56 Å². The zero-order chi connectivity index (χ0) is 13.0. The van der Waals surface area contributed by atoms with Gasteiger partial charge in [0.15, 0.2) is 0 Å². The Labute approximate surface area is 109 Å². The topological polar surface area (TPSA) is 41.5 Å². The molecule has 0 amide bonds. The van der Waals surface area contributed by atoms with Crippen LogP contribution in [0.5, 0.6) is 5.75 Å². The van der Waals surface area contributed by atoms with Gasteiger partial charge >= 0.3 is 0 Å². The molecule has 3 nitrogen and oxygen atoms in total. The van der Waals surface area contributed by atoms with Gasteiger partial charge in [0.25, 0.3) is 0 Å². The molecule has 0 radical (unpaired) electrons. The fourth-order valence-electron chi connectivity index (χ4n) is 2.60. The van der Waals surface area contributed by atoms with Crippen LogP contribution in [0.15, 0.2) is 24.3 Å². The number of aliphatic hydroxyl groups is 1. The first-order chi connectivity index (χ1) is 8.66. The molecule has 1 aliphatic rings. The fraction of sp³-hybridized carbons (Fsp3) is 0.600. The van der Waals surface area contributed by atoms with Crippen LogP contribution in [0.1, 0.15) is 32.3 Å². The van der Waals surface area contributed by atoms with Gasteiger partial charge in [-0.25, -0.2) is 0 Å². The first-order valence-electron chi connectivity index (χ1n) is 6.75. The van der Waals surface area contributed by atoms with E-state index in [2.05, 4.69) is 17.4 Å². The van der Waals surface area contributed by atoms with Crippen LogP contribution >= 0.6 is 0 Å². The summed E-state index contributed by atoms with van der Waals surface area (Å²) < 4.78 is 5.64. The summed E-state index contributed by atoms with van der Waals surface area (Å²) in [6, 6.07) is 8.17. The Hall–Kier alpha value is -1.06. The van der Waals surface area contributed by atoms with E-state index in [0.717, 1.165) is 31.7 Å². The highest BCUT2D eigenvalue weighted by molar-refractivity contribution is 5.33. The number of hydrogen-bond acceptors (Lipinski definition) is 3. The molecule has 0 aliphatic carbocycles. The molecular formula is C15H23NO2. The van der Waals surface area contributed by atoms with Crippen LogP contribution in [0.3, 0.4) is 0 Å². The molecule has 100 valence electrons. The molecular weight excluding hydrogens is 226 g/mol. The van der Waals surface area contributed by atoms with Crippen LogP contribution in [0, 0.1) is 0 Å². The highest BCUT2D eigenvalue weighted by atomic mass is 16.5. The lowest BCUT2D eigenvalue weighted by Crippen LogP contribution is -2.45. The quantitative estimate of drug-likeness (QED) is 0.858. The van der Waals surface area contributed by atoms with Crippen LogP contribution in [-0.2, 0) is 5.41 Å². The van der Waals surface area contributed by atoms with E-state index in [0.29, 0.717) is 0 Å². The van der Waals surface area contributed by atoms with Gasteiger partial charge in [-0.05, 0) is 50.9 Å². The van der Waals surface area contributed by atoms with Crippen molar-refractivity contribution < 1.29 is 9.84 Å². The number of rotatable bonds is 4. The Kier molecular flexibility index (Phi) is 4.25.